The first kappa shape index (κ1) is 8.82. The van der Waals surface area contributed by atoms with Crippen LogP contribution in [-0.2, 0) is 21.6 Å². The first-order valence-electron chi connectivity index (χ1n) is 3.52. The van der Waals surface area contributed by atoms with Crippen molar-refractivity contribution in [1.82, 2.24) is 0 Å². The lowest BCUT2D eigenvalue weighted by atomic mass is 10.1. The SMILES string of the molecule is Cc1cc(C#N)ccc1C[S+]=O. The van der Waals surface area contributed by atoms with Crippen LogP contribution in [0.15, 0.2) is 18.2 Å². The molecular formula is C9H8NOS+. The lowest BCUT2D eigenvalue weighted by molar-refractivity contribution is 0.604. The van der Waals surface area contributed by atoms with Crippen molar-refractivity contribution in [1.29, 1.82) is 5.26 Å². The molecule has 0 bridgehead atoms. The summed E-state index contributed by atoms with van der Waals surface area (Å²) >= 11 is 0.549. The molecule has 0 aromatic heterocycles. The van der Waals surface area contributed by atoms with Crippen LogP contribution in [0.1, 0.15) is 16.7 Å². The number of aryl methyl sites for hydroxylation is 1. The van der Waals surface area contributed by atoms with Gasteiger partial charge >= 0.3 is 11.7 Å². The zero-order valence-electron chi connectivity index (χ0n) is 6.70. The van der Waals surface area contributed by atoms with Crippen LogP contribution in [0.25, 0.3) is 0 Å². The van der Waals surface area contributed by atoms with Crippen molar-refractivity contribution in [2.75, 3.05) is 0 Å². The molecule has 0 saturated carbocycles. The molecule has 0 fully saturated rings. The number of hydrogen-bond donors (Lipinski definition) is 0. The molecule has 0 unspecified atom stereocenters. The molecule has 0 spiro atoms. The first-order chi connectivity index (χ1) is 5.77. The van der Waals surface area contributed by atoms with Gasteiger partial charge in [0.1, 0.15) is 0 Å². The summed E-state index contributed by atoms with van der Waals surface area (Å²) in [6.45, 7) is 1.91. The zero-order valence-corrected chi connectivity index (χ0v) is 7.52. The van der Waals surface area contributed by atoms with Crippen molar-refractivity contribution in [2.24, 2.45) is 0 Å². The smallest absolute Gasteiger partial charge is 0.192 e. The predicted molar refractivity (Wildman–Crippen MR) is 47.6 cm³/mol. The maximum absolute atomic E-state index is 10.3. The van der Waals surface area contributed by atoms with E-state index in [9.17, 15) is 4.21 Å². The highest BCUT2D eigenvalue weighted by atomic mass is 32.1. The van der Waals surface area contributed by atoms with E-state index in [-0.39, 0.29) is 0 Å². The van der Waals surface area contributed by atoms with Gasteiger partial charge in [0.2, 0.25) is 0 Å². The van der Waals surface area contributed by atoms with Crippen LogP contribution in [0.3, 0.4) is 0 Å². The Hall–Kier alpha value is -1.27. The van der Waals surface area contributed by atoms with E-state index in [4.69, 9.17) is 5.26 Å². The van der Waals surface area contributed by atoms with E-state index in [0.29, 0.717) is 23.0 Å². The monoisotopic (exact) mass is 178 g/mol. The van der Waals surface area contributed by atoms with Crippen molar-refractivity contribution in [3.05, 3.63) is 34.9 Å². The molecule has 0 aliphatic heterocycles. The Balaban J connectivity index is 3.04. The zero-order chi connectivity index (χ0) is 8.97. The van der Waals surface area contributed by atoms with Gasteiger partial charge in [0.15, 0.2) is 0 Å². The second-order valence-electron chi connectivity index (χ2n) is 2.52. The van der Waals surface area contributed by atoms with Crippen molar-refractivity contribution in [3.63, 3.8) is 0 Å². The van der Waals surface area contributed by atoms with E-state index in [2.05, 4.69) is 6.07 Å². The Kier molecular flexibility index (Phi) is 2.89. The largest absolute Gasteiger partial charge is 0.463 e. The fraction of sp³-hybridized carbons (Fsp3) is 0.222. The topological polar surface area (TPSA) is 40.9 Å². The molecule has 2 nitrogen and oxygen atoms in total. The summed E-state index contributed by atoms with van der Waals surface area (Å²) in [6, 6.07) is 7.42. The summed E-state index contributed by atoms with van der Waals surface area (Å²) in [5.41, 5.74) is 2.67. The van der Waals surface area contributed by atoms with Gasteiger partial charge in [-0.15, -0.1) is 0 Å². The fourth-order valence-electron chi connectivity index (χ4n) is 0.991. The van der Waals surface area contributed by atoms with E-state index >= 15 is 0 Å². The average molecular weight is 178 g/mol. The van der Waals surface area contributed by atoms with Crippen LogP contribution in [0.5, 0.6) is 0 Å². The van der Waals surface area contributed by atoms with E-state index in [0.717, 1.165) is 11.1 Å². The van der Waals surface area contributed by atoms with Gasteiger partial charge in [-0.25, -0.2) is 0 Å². The summed E-state index contributed by atoms with van der Waals surface area (Å²) in [5.74, 6) is 0.470. The lowest BCUT2D eigenvalue weighted by Crippen LogP contribution is -1.88. The molecule has 0 aliphatic carbocycles. The standard InChI is InChI=1S/C9H8NOS/c1-7-4-8(5-10)2-3-9(7)6-12-11/h2-4H,6H2,1H3/q+1. The summed E-state index contributed by atoms with van der Waals surface area (Å²) in [6.07, 6.45) is 0. The van der Waals surface area contributed by atoms with Gasteiger partial charge in [-0.2, -0.15) is 5.26 Å². The summed E-state index contributed by atoms with van der Waals surface area (Å²) < 4.78 is 10.3. The molecule has 0 heterocycles. The van der Waals surface area contributed by atoms with Crippen molar-refractivity contribution in [3.8, 4) is 6.07 Å². The molecule has 0 atom stereocenters. The Morgan fingerprint density at radius 1 is 1.58 bits per heavy atom. The van der Waals surface area contributed by atoms with Crippen molar-refractivity contribution < 1.29 is 4.21 Å². The molecule has 3 heteroatoms. The molecule has 1 aromatic carbocycles. The minimum atomic E-state index is 0.470. The third-order valence-electron chi connectivity index (χ3n) is 1.69. The molecule has 0 amide bonds. The maximum Gasteiger partial charge on any atom is 0.463 e. The second kappa shape index (κ2) is 3.93. The molecular weight excluding hydrogens is 170 g/mol. The summed E-state index contributed by atoms with van der Waals surface area (Å²) in [5, 5.41) is 8.57. The molecule has 1 aromatic rings. The Morgan fingerprint density at radius 2 is 2.33 bits per heavy atom. The van der Waals surface area contributed by atoms with Gasteiger partial charge in [-0.3, -0.25) is 0 Å². The average Bonchev–Trinajstić information content (AvgIpc) is 2.09. The number of benzene rings is 1. The minimum Gasteiger partial charge on any atom is -0.192 e. The molecule has 0 saturated heterocycles. The first-order valence-corrected chi connectivity index (χ1v) is 4.43. The molecule has 0 aliphatic rings. The normalized spacial score (nSPS) is 9.00. The van der Waals surface area contributed by atoms with Crippen LogP contribution in [0.2, 0.25) is 0 Å². The molecule has 60 valence electrons. The van der Waals surface area contributed by atoms with Gasteiger partial charge in [0.05, 0.1) is 11.6 Å². The Morgan fingerprint density at radius 3 is 2.83 bits per heavy atom. The number of nitriles is 1. The lowest BCUT2D eigenvalue weighted by Gasteiger charge is -1.96. The third-order valence-corrected chi connectivity index (χ3v) is 2.11. The minimum absolute atomic E-state index is 0.470. The predicted octanol–water partition coefficient (Wildman–Crippen LogP) is 1.79. The molecule has 12 heavy (non-hydrogen) atoms. The van der Waals surface area contributed by atoms with Crippen molar-refractivity contribution >= 4 is 11.7 Å². The van der Waals surface area contributed by atoms with Gasteiger partial charge in [0.25, 0.3) is 5.75 Å². The molecule has 0 radical (unpaired) electrons. The van der Waals surface area contributed by atoms with Gasteiger partial charge in [-0.05, 0) is 24.6 Å². The maximum atomic E-state index is 10.3. The van der Waals surface area contributed by atoms with E-state index < -0.39 is 0 Å². The highest BCUT2D eigenvalue weighted by Gasteiger charge is 2.05. The number of rotatable bonds is 2. The quantitative estimate of drug-likeness (QED) is 0.648. The molecule has 0 N–H and O–H groups in total. The van der Waals surface area contributed by atoms with Crippen LogP contribution in [-0.4, -0.2) is 0 Å². The fourth-order valence-corrected chi connectivity index (χ4v) is 1.44. The number of nitrogens with zero attached hydrogens (tertiary/aromatic N) is 1. The van der Waals surface area contributed by atoms with Gasteiger partial charge in [0, 0.05) is 9.77 Å². The van der Waals surface area contributed by atoms with Crippen LogP contribution < -0.4 is 0 Å². The Bertz CT molecular complexity index is 341. The summed E-state index contributed by atoms with van der Waals surface area (Å²) in [7, 11) is 0. The highest BCUT2D eigenvalue weighted by molar-refractivity contribution is 7.64. The van der Waals surface area contributed by atoms with E-state index in [1.165, 1.54) is 0 Å². The third kappa shape index (κ3) is 1.86. The van der Waals surface area contributed by atoms with Crippen LogP contribution >= 0.6 is 0 Å². The number of hydrogen-bond acceptors (Lipinski definition) is 2. The Labute approximate surface area is 75.3 Å². The van der Waals surface area contributed by atoms with Crippen molar-refractivity contribution in [2.45, 2.75) is 12.7 Å². The van der Waals surface area contributed by atoms with Crippen LogP contribution in [0, 0.1) is 18.3 Å². The summed E-state index contributed by atoms with van der Waals surface area (Å²) in [4.78, 5) is 0. The highest BCUT2D eigenvalue weighted by Crippen LogP contribution is 2.10. The van der Waals surface area contributed by atoms with Gasteiger partial charge < -0.3 is 0 Å². The van der Waals surface area contributed by atoms with Crippen LogP contribution in [0.4, 0.5) is 0 Å². The van der Waals surface area contributed by atoms with E-state index in [1.807, 2.05) is 13.0 Å². The van der Waals surface area contributed by atoms with Gasteiger partial charge in [-0.1, -0.05) is 6.07 Å². The second-order valence-corrected chi connectivity index (χ2v) is 3.04. The van der Waals surface area contributed by atoms with E-state index in [1.54, 1.807) is 12.1 Å². The molecule has 1 rings (SSSR count).